The molecular weight excluding hydrogens is 1540 g/mol. The summed E-state index contributed by atoms with van der Waals surface area (Å²) in [5.41, 5.74) is 31.3. The molecule has 0 unspecified atom stereocenters. The first-order valence-corrected chi connectivity index (χ1v) is 42.5. The van der Waals surface area contributed by atoms with Crippen molar-refractivity contribution in [3.05, 3.63) is 438 Å². The fraction of sp³-hybridized carbons (Fsp3) is 0.0714. The Morgan fingerprint density at radius 2 is 0.492 bits per heavy atom. The van der Waals surface area contributed by atoms with Crippen molar-refractivity contribution in [1.29, 1.82) is 0 Å². The average molecular weight is 1610 g/mol. The maximum atomic E-state index is 6.37. The molecule has 4 aromatic heterocycles. The van der Waals surface area contributed by atoms with E-state index in [-0.39, 0.29) is 21.9 Å². The van der Waals surface area contributed by atoms with Crippen LogP contribution in [0.2, 0.25) is 5.28 Å². The van der Waals surface area contributed by atoms with E-state index in [4.69, 9.17) is 45.8 Å². The molecule has 1 saturated heterocycles. The molecule has 20 aromatic rings. The van der Waals surface area contributed by atoms with Gasteiger partial charge in [0.25, 0.3) is 0 Å². The van der Waals surface area contributed by atoms with Crippen LogP contribution in [0.15, 0.2) is 388 Å². The van der Waals surface area contributed by atoms with Crippen LogP contribution in [0.3, 0.4) is 0 Å². The molecule has 1 fully saturated rings. The first-order valence-electron chi connectivity index (χ1n) is 42.2. The largest absolute Gasteiger partial charge is 0.494 e. The van der Waals surface area contributed by atoms with E-state index in [1.807, 2.05) is 121 Å². The first-order chi connectivity index (χ1) is 60.9. The van der Waals surface area contributed by atoms with Crippen LogP contribution in [0.4, 0.5) is 0 Å². The summed E-state index contributed by atoms with van der Waals surface area (Å²) in [5.74, 6) is 3.08. The minimum Gasteiger partial charge on any atom is -0.399 e. The molecule has 0 amide bonds. The zero-order valence-corrected chi connectivity index (χ0v) is 69.1. The zero-order valence-electron chi connectivity index (χ0n) is 68.3. The molecule has 5 heterocycles. The molecular formula is C112H76BClN8O2. The lowest BCUT2D eigenvalue weighted by molar-refractivity contribution is 0.00578. The molecule has 0 atom stereocenters. The van der Waals surface area contributed by atoms with E-state index in [0.29, 0.717) is 29.1 Å². The molecule has 0 N–H and O–H groups in total. The molecule has 4 aliphatic carbocycles. The molecule has 0 saturated carbocycles. The van der Waals surface area contributed by atoms with Crippen LogP contribution in [0.25, 0.3) is 167 Å². The molecule has 25 rings (SSSR count). The third-order valence-electron chi connectivity index (χ3n) is 26.1. The van der Waals surface area contributed by atoms with Gasteiger partial charge in [0.05, 0.1) is 44.5 Å². The molecule has 0 radical (unpaired) electrons. The summed E-state index contributed by atoms with van der Waals surface area (Å²) in [5, 5.41) is 7.31. The zero-order chi connectivity index (χ0) is 83.0. The van der Waals surface area contributed by atoms with Gasteiger partial charge in [-0.2, -0.15) is 9.97 Å². The summed E-state index contributed by atoms with van der Waals surface area (Å²) in [6, 6.07) is 137. The fourth-order valence-electron chi connectivity index (χ4n) is 20.0. The fourth-order valence-corrected chi connectivity index (χ4v) is 20.1. The number of hydrogen-bond acceptors (Lipinski definition) is 10. The Morgan fingerprint density at radius 1 is 0.226 bits per heavy atom. The van der Waals surface area contributed by atoms with Crippen molar-refractivity contribution >= 4 is 67.5 Å². The molecule has 10 nitrogen and oxygen atoms in total. The first kappa shape index (κ1) is 74.2. The second-order valence-corrected chi connectivity index (χ2v) is 33.7. The van der Waals surface area contributed by atoms with Gasteiger partial charge in [0, 0.05) is 71.3 Å². The van der Waals surface area contributed by atoms with Crippen molar-refractivity contribution in [1.82, 2.24) is 39.9 Å². The van der Waals surface area contributed by atoms with Gasteiger partial charge >= 0.3 is 7.12 Å². The van der Waals surface area contributed by atoms with E-state index < -0.39 is 12.5 Å². The number of halogens is 1. The number of para-hydroxylation sites is 2. The smallest absolute Gasteiger partial charge is 0.399 e. The van der Waals surface area contributed by atoms with Crippen molar-refractivity contribution in [2.45, 2.75) is 49.7 Å². The van der Waals surface area contributed by atoms with Gasteiger partial charge in [-0.1, -0.05) is 376 Å². The Labute approximate surface area is 723 Å². The predicted octanol–water partition coefficient (Wildman–Crippen LogP) is 26.1. The van der Waals surface area contributed by atoms with Gasteiger partial charge in [-0.25, -0.2) is 29.9 Å². The van der Waals surface area contributed by atoms with Crippen molar-refractivity contribution in [3.8, 4) is 124 Å². The van der Waals surface area contributed by atoms with Crippen LogP contribution in [0.1, 0.15) is 72.2 Å². The quantitative estimate of drug-likeness (QED) is 0.107. The van der Waals surface area contributed by atoms with Crippen LogP contribution in [-0.4, -0.2) is 58.2 Å². The normalized spacial score (nSPS) is 14.3. The summed E-state index contributed by atoms with van der Waals surface area (Å²) in [6.45, 7) is 8.37. The Morgan fingerprint density at radius 3 is 0.839 bits per heavy atom. The minimum atomic E-state index is -0.415. The second-order valence-electron chi connectivity index (χ2n) is 33.4. The minimum absolute atomic E-state index is 0.202. The summed E-state index contributed by atoms with van der Waals surface area (Å²) in [4.78, 5) is 38.4. The number of pyridine rings is 2. The molecule has 1 aliphatic heterocycles. The van der Waals surface area contributed by atoms with Gasteiger partial charge in [0.2, 0.25) is 5.28 Å². The van der Waals surface area contributed by atoms with E-state index in [1.54, 1.807) is 0 Å². The highest BCUT2D eigenvalue weighted by Gasteiger charge is 2.55. The Kier molecular flexibility index (Phi) is 17.5. The average Bonchev–Trinajstić information content (AvgIpc) is 1.50. The van der Waals surface area contributed by atoms with E-state index in [0.717, 1.165) is 83.0 Å². The van der Waals surface area contributed by atoms with Gasteiger partial charge < -0.3 is 9.31 Å². The predicted molar refractivity (Wildman–Crippen MR) is 503 cm³/mol. The van der Waals surface area contributed by atoms with Gasteiger partial charge in [-0.15, -0.1) is 0 Å². The van der Waals surface area contributed by atoms with Crippen LogP contribution in [0, 0.1) is 0 Å². The number of benzene rings is 16. The van der Waals surface area contributed by atoms with Crippen LogP contribution in [-0.2, 0) is 20.1 Å². The third-order valence-corrected chi connectivity index (χ3v) is 26.3. The van der Waals surface area contributed by atoms with Crippen LogP contribution in [0.5, 0.6) is 0 Å². The van der Waals surface area contributed by atoms with Gasteiger partial charge in [-0.05, 0) is 146 Å². The lowest BCUT2D eigenvalue weighted by Crippen LogP contribution is -2.41. The van der Waals surface area contributed by atoms with Crippen molar-refractivity contribution in [3.63, 3.8) is 0 Å². The van der Waals surface area contributed by atoms with E-state index >= 15 is 0 Å². The van der Waals surface area contributed by atoms with Gasteiger partial charge in [0.15, 0.2) is 29.1 Å². The molecule has 586 valence electrons. The van der Waals surface area contributed by atoms with E-state index in [2.05, 4.69) is 310 Å². The second kappa shape index (κ2) is 29.2. The molecule has 0 bridgehead atoms. The Balaban J connectivity index is 0.000000120. The summed E-state index contributed by atoms with van der Waals surface area (Å²) >= 11 is 5.99. The van der Waals surface area contributed by atoms with Crippen molar-refractivity contribution in [2.24, 2.45) is 0 Å². The maximum Gasteiger partial charge on any atom is 0.494 e. The number of nitrogens with zero attached hydrogens (tertiary/aromatic N) is 8. The molecule has 124 heavy (non-hydrogen) atoms. The molecule has 5 aliphatic rings. The van der Waals surface area contributed by atoms with Gasteiger partial charge in [0.1, 0.15) is 0 Å². The Hall–Kier alpha value is -14.8. The van der Waals surface area contributed by atoms with E-state index in [9.17, 15) is 0 Å². The number of hydrogen-bond donors (Lipinski definition) is 0. The highest BCUT2D eigenvalue weighted by molar-refractivity contribution is 6.62. The number of rotatable bonds is 8. The standard InChI is InChI=1S/C53H32N4.C44H34BNO2.C15H10ClN3/c1-3-15-34(16-4-1)50-55-51(35-17-5-2-6-18-35)57-52(56-50)36-29-27-33(28-30-36)49-41-31-32-45-48(47(41)40-22-10-14-26-46(40)54-49)39-21-9-13-25-44(39)53(45)42-23-11-7-19-37(42)38-20-8-12-24-43(38)53;1-42(2)43(3,4)48-45(47-42)28-23-21-27(22-24-28)41-33-25-26-37-40(39(33)32-16-8-12-20-38(32)46-41)31-15-7-11-19-36(31)44(37)34-17-9-5-13-29(34)30-14-6-10-18-35(30)44;16-15-18-13(11-7-3-1-4-8-11)17-14(19-15)12-9-5-2-6-10-12/h1-32H;5-26H,1-4H3;1-10H. The number of aromatic nitrogens is 8. The highest BCUT2D eigenvalue weighted by atomic mass is 35.5. The summed E-state index contributed by atoms with van der Waals surface area (Å²) in [6.07, 6.45) is 0. The van der Waals surface area contributed by atoms with Crippen molar-refractivity contribution < 1.29 is 9.31 Å². The molecule has 12 heteroatoms. The monoisotopic (exact) mass is 1610 g/mol. The SMILES string of the molecule is CC1(C)OB(c2ccc(-c3nc4ccccc4c4c5c(ccc34)C3(c4ccccc4-c4ccccc43)c3ccccc3-5)cc2)OC1(C)C.Clc1nc(-c2ccccc2)nc(-c2ccccc2)n1.c1ccc(-c2nc(-c3ccccc3)nc(-c3ccc(-c4nc5ccccc5c5c6c(ccc45)C4(c5ccccc5-c5ccccc54)c4ccccc4-6)cc3)n2)cc1. The number of fused-ring (bicyclic) bond motifs is 28. The summed E-state index contributed by atoms with van der Waals surface area (Å²) in [7, 11) is -0.404. The lowest BCUT2D eigenvalue weighted by Gasteiger charge is -2.32. The van der Waals surface area contributed by atoms with E-state index in [1.165, 1.54) is 105 Å². The molecule has 2 spiro atoms. The van der Waals surface area contributed by atoms with Crippen LogP contribution < -0.4 is 5.46 Å². The third kappa shape index (κ3) is 11.6. The highest BCUT2D eigenvalue weighted by Crippen LogP contribution is 2.66. The lowest BCUT2D eigenvalue weighted by atomic mass is 9.70. The van der Waals surface area contributed by atoms with Crippen LogP contribution >= 0.6 is 11.6 Å². The topological polar surface area (TPSA) is 122 Å². The Bertz CT molecular complexity index is 7480. The molecule has 16 aromatic carbocycles. The van der Waals surface area contributed by atoms with Gasteiger partial charge in [-0.3, -0.25) is 0 Å². The summed E-state index contributed by atoms with van der Waals surface area (Å²) < 4.78 is 12.7. The maximum absolute atomic E-state index is 6.37. The van der Waals surface area contributed by atoms with Crippen molar-refractivity contribution in [2.75, 3.05) is 0 Å².